The number of carbonyl (C=O) groups is 3. The van der Waals surface area contributed by atoms with Crippen molar-refractivity contribution in [3.63, 3.8) is 0 Å². The normalized spacial score (nSPS) is 13.8. The molecule has 1 aromatic carbocycles. The molecule has 0 aliphatic rings. The van der Waals surface area contributed by atoms with Gasteiger partial charge in [0.2, 0.25) is 5.91 Å². The van der Waals surface area contributed by atoms with Gasteiger partial charge in [-0.2, -0.15) is 8.42 Å². The predicted octanol–water partition coefficient (Wildman–Crippen LogP) is 1.85. The van der Waals surface area contributed by atoms with Gasteiger partial charge in [-0.1, -0.05) is 39.0 Å². The lowest BCUT2D eigenvalue weighted by Gasteiger charge is -2.38. The molecule has 12 nitrogen and oxygen atoms in total. The number of amides is 1. The minimum Gasteiger partial charge on any atom is -0.377 e. The summed E-state index contributed by atoms with van der Waals surface area (Å²) in [6.45, 7) is 5.04. The van der Waals surface area contributed by atoms with Crippen LogP contribution in [-0.2, 0) is 43.0 Å². The van der Waals surface area contributed by atoms with E-state index >= 15 is 0 Å². The quantitative estimate of drug-likeness (QED) is 0.117. The Morgan fingerprint density at radius 2 is 1.74 bits per heavy atom. The largest absolute Gasteiger partial charge is 0.568 e. The molecule has 1 unspecified atom stereocenters. The minimum atomic E-state index is -4.02. The van der Waals surface area contributed by atoms with Crippen LogP contribution >= 0.6 is 8.03 Å². The van der Waals surface area contributed by atoms with Crippen molar-refractivity contribution in [1.29, 1.82) is 0 Å². The summed E-state index contributed by atoms with van der Waals surface area (Å²) in [6, 6.07) is 8.08. The van der Waals surface area contributed by atoms with E-state index in [1.807, 2.05) is 0 Å². The number of hydrogen-bond acceptors (Lipinski definition) is 11. The van der Waals surface area contributed by atoms with Gasteiger partial charge < -0.3 is 10.4 Å². The van der Waals surface area contributed by atoms with Gasteiger partial charge in [-0.15, -0.1) is 0 Å². The van der Waals surface area contributed by atoms with Crippen LogP contribution in [0.15, 0.2) is 30.3 Å². The molecule has 2 N–H and O–H groups in total. The van der Waals surface area contributed by atoms with Crippen LogP contribution in [0.25, 0.3) is 0 Å². The first kappa shape index (κ1) is 30.4. The Hall–Kier alpha value is -2.60. The van der Waals surface area contributed by atoms with Crippen molar-refractivity contribution in [2.45, 2.75) is 46.1 Å². The number of hydrogen-bond donors (Lipinski definition) is 2. The zero-order valence-corrected chi connectivity index (χ0v) is 21.7. The summed E-state index contributed by atoms with van der Waals surface area (Å²) in [5, 5.41) is 13.4. The van der Waals surface area contributed by atoms with E-state index in [9.17, 15) is 32.5 Å². The minimum absolute atomic E-state index is 0.106. The van der Waals surface area contributed by atoms with Crippen molar-refractivity contribution >= 4 is 36.0 Å². The first-order valence-electron chi connectivity index (χ1n) is 10.7. The molecule has 2 atom stereocenters. The van der Waals surface area contributed by atoms with Crippen LogP contribution in [0.1, 0.15) is 40.5 Å². The molecule has 1 aromatic rings. The molecule has 0 saturated carbocycles. The molecule has 1 amide bonds. The molecule has 35 heavy (non-hydrogen) atoms. The van der Waals surface area contributed by atoms with Crippen LogP contribution < -0.4 is 9.84 Å². The van der Waals surface area contributed by atoms with Gasteiger partial charge >= 0.3 is 20.0 Å². The maximum atomic E-state index is 12.5. The van der Waals surface area contributed by atoms with Crippen LogP contribution in [0.4, 0.5) is 0 Å². The molecule has 0 fully saturated rings. The summed E-state index contributed by atoms with van der Waals surface area (Å²) >= 11 is 0. The zero-order valence-electron chi connectivity index (χ0n) is 20.0. The SMILES string of the molecule is CC[C@](O)(C(=O)OOC(=O)C[P+](=O)Oc1ccccc1)C(C)(C)COS(=O)(=O)CCCNC(C)=O. The standard InChI is InChI=1S/C21H30NO11PS/c1-5-21(26,20(3,4)15-30-35(28,29)13-9-12-22-16(2)23)19(25)32-31-18(24)14-34(27)33-17-10-7-6-8-11-17/h6-8,10-11,26H,5,9,12-15H2,1-4H3/p+1/t21-/m0/s1. The molecule has 0 spiro atoms. The second-order valence-electron chi connectivity index (χ2n) is 8.18. The van der Waals surface area contributed by atoms with Crippen molar-refractivity contribution < 1.29 is 51.0 Å². The van der Waals surface area contributed by atoms with Gasteiger partial charge in [-0.05, 0) is 29.5 Å². The summed E-state index contributed by atoms with van der Waals surface area (Å²) in [4.78, 5) is 44.1. The maximum Gasteiger partial charge on any atom is 0.568 e. The Balaban J connectivity index is 2.63. The summed E-state index contributed by atoms with van der Waals surface area (Å²) < 4.78 is 46.2. The second-order valence-corrected chi connectivity index (χ2v) is 11.1. The van der Waals surface area contributed by atoms with Crippen LogP contribution in [0.2, 0.25) is 0 Å². The molecule has 0 aliphatic carbocycles. The highest BCUT2D eigenvalue weighted by atomic mass is 32.2. The van der Waals surface area contributed by atoms with Crippen molar-refractivity contribution in [1.82, 2.24) is 5.32 Å². The molecule has 0 aromatic heterocycles. The topological polar surface area (TPSA) is 172 Å². The second kappa shape index (κ2) is 13.5. The van der Waals surface area contributed by atoms with E-state index < -0.39 is 53.9 Å². The van der Waals surface area contributed by atoms with E-state index in [0.29, 0.717) is 0 Å². The van der Waals surface area contributed by atoms with Crippen molar-refractivity contribution in [3.05, 3.63) is 30.3 Å². The Morgan fingerprint density at radius 1 is 1.11 bits per heavy atom. The molecule has 0 saturated heterocycles. The lowest BCUT2D eigenvalue weighted by Crippen LogP contribution is -2.54. The number of benzene rings is 1. The number of rotatable bonds is 14. The highest BCUT2D eigenvalue weighted by Gasteiger charge is 2.52. The molecule has 1 rings (SSSR count). The van der Waals surface area contributed by atoms with E-state index in [-0.39, 0.29) is 36.8 Å². The average Bonchev–Trinajstić information content (AvgIpc) is 2.79. The lowest BCUT2D eigenvalue weighted by molar-refractivity contribution is -0.276. The highest BCUT2D eigenvalue weighted by molar-refractivity contribution is 7.86. The van der Waals surface area contributed by atoms with Gasteiger partial charge in [0.25, 0.3) is 16.3 Å². The first-order chi connectivity index (χ1) is 16.2. The number of carbonyl (C=O) groups excluding carboxylic acids is 3. The van der Waals surface area contributed by atoms with Crippen LogP contribution in [-0.4, -0.2) is 62.0 Å². The Kier molecular flexibility index (Phi) is 11.7. The molecular weight excluding hydrogens is 505 g/mol. The molecule has 196 valence electrons. The molecule has 14 heteroatoms. The first-order valence-corrected chi connectivity index (χ1v) is 13.6. The van der Waals surface area contributed by atoms with Gasteiger partial charge in [0, 0.05) is 18.9 Å². The Morgan fingerprint density at radius 3 is 2.31 bits per heavy atom. The molecule has 0 aliphatic heterocycles. The van der Waals surface area contributed by atoms with E-state index in [1.54, 1.807) is 18.2 Å². The smallest absolute Gasteiger partial charge is 0.377 e. The summed E-state index contributed by atoms with van der Waals surface area (Å²) in [5.74, 6) is -2.95. The van der Waals surface area contributed by atoms with Crippen molar-refractivity contribution in [2.75, 3.05) is 25.1 Å². The fraction of sp³-hybridized carbons (Fsp3) is 0.571. The van der Waals surface area contributed by atoms with E-state index in [1.165, 1.54) is 39.8 Å². The molecule has 0 bridgehead atoms. The van der Waals surface area contributed by atoms with Gasteiger partial charge in [-0.3, -0.25) is 13.5 Å². The van der Waals surface area contributed by atoms with Gasteiger partial charge in [0.1, 0.15) is 0 Å². The lowest BCUT2D eigenvalue weighted by atomic mass is 9.74. The van der Waals surface area contributed by atoms with Crippen molar-refractivity contribution in [3.8, 4) is 5.75 Å². The van der Waals surface area contributed by atoms with Crippen LogP contribution in [0.5, 0.6) is 5.75 Å². The fourth-order valence-corrected chi connectivity index (χ4v) is 4.52. The summed E-state index contributed by atoms with van der Waals surface area (Å²) in [6.07, 6.45) is -0.840. The summed E-state index contributed by atoms with van der Waals surface area (Å²) in [5.41, 5.74) is -3.78. The van der Waals surface area contributed by atoms with Crippen molar-refractivity contribution in [2.24, 2.45) is 5.41 Å². The molecular formula is C21H31NO11PS+. The Bertz CT molecular complexity index is 998. The average molecular weight is 537 g/mol. The van der Waals surface area contributed by atoms with E-state index in [0.717, 1.165) is 0 Å². The molecule has 0 heterocycles. The van der Waals surface area contributed by atoms with Crippen LogP contribution in [0, 0.1) is 5.41 Å². The van der Waals surface area contributed by atoms with Gasteiger partial charge in [0.05, 0.1) is 12.4 Å². The maximum absolute atomic E-state index is 12.5. The highest BCUT2D eigenvalue weighted by Crippen LogP contribution is 2.36. The van der Waals surface area contributed by atoms with Gasteiger partial charge in [0.15, 0.2) is 11.4 Å². The third-order valence-electron chi connectivity index (χ3n) is 4.93. The summed E-state index contributed by atoms with van der Waals surface area (Å²) in [7, 11) is -6.52. The molecule has 0 radical (unpaired) electrons. The Labute approximate surface area is 205 Å². The number of nitrogens with one attached hydrogen (secondary N) is 1. The predicted molar refractivity (Wildman–Crippen MR) is 124 cm³/mol. The number of aliphatic hydroxyl groups is 1. The third kappa shape index (κ3) is 10.3. The van der Waals surface area contributed by atoms with Gasteiger partial charge in [-0.25, -0.2) is 19.4 Å². The van der Waals surface area contributed by atoms with E-state index in [4.69, 9.17) is 8.71 Å². The fourth-order valence-electron chi connectivity index (χ4n) is 2.74. The number of para-hydroxylation sites is 1. The zero-order chi connectivity index (χ0) is 26.7. The van der Waals surface area contributed by atoms with Crippen LogP contribution in [0.3, 0.4) is 0 Å². The van der Waals surface area contributed by atoms with E-state index in [2.05, 4.69) is 15.1 Å². The monoisotopic (exact) mass is 536 g/mol. The third-order valence-corrected chi connectivity index (χ3v) is 7.13.